The van der Waals surface area contributed by atoms with E-state index >= 15 is 0 Å². The quantitative estimate of drug-likeness (QED) is 0.839. The Labute approximate surface area is 146 Å². The molecule has 2 fully saturated rings. The van der Waals surface area contributed by atoms with Gasteiger partial charge >= 0.3 is 7.12 Å². The molecule has 132 valence electrons. The number of hydrogen-bond acceptors (Lipinski definition) is 5. The summed E-state index contributed by atoms with van der Waals surface area (Å²) in [4.78, 5) is 7.06. The molecule has 1 unspecified atom stereocenters. The second-order valence-corrected chi connectivity index (χ2v) is 8.04. The molecule has 1 N–H and O–H groups in total. The molecule has 0 aromatic carbocycles. The number of nitrogens with one attached hydrogen (secondary N) is 1. The Hall–Kier alpha value is -1.11. The van der Waals surface area contributed by atoms with Crippen LogP contribution >= 0.6 is 0 Å². The minimum absolute atomic E-state index is 0.320. The molecule has 1 aromatic heterocycles. The maximum Gasteiger partial charge on any atom is 0.496 e. The van der Waals surface area contributed by atoms with E-state index in [0.29, 0.717) is 6.04 Å². The lowest BCUT2D eigenvalue weighted by molar-refractivity contribution is 0.00578. The molecule has 2 aliphatic heterocycles. The number of nitrogens with zero attached hydrogens (tertiary/aromatic N) is 2. The number of likely N-dealkylation sites (tertiary alicyclic amines) is 1. The van der Waals surface area contributed by atoms with Crippen LogP contribution in [-0.4, -0.2) is 53.9 Å². The molecule has 3 rings (SSSR count). The van der Waals surface area contributed by atoms with E-state index in [-0.39, 0.29) is 18.3 Å². The monoisotopic (exact) mass is 331 g/mol. The van der Waals surface area contributed by atoms with Gasteiger partial charge in [0.2, 0.25) is 0 Å². The Morgan fingerprint density at radius 1 is 1.17 bits per heavy atom. The highest BCUT2D eigenvalue weighted by atomic mass is 16.7. The van der Waals surface area contributed by atoms with Gasteiger partial charge in [0.15, 0.2) is 0 Å². The summed E-state index contributed by atoms with van der Waals surface area (Å²) in [6, 6.07) is 4.59. The van der Waals surface area contributed by atoms with Gasteiger partial charge in [-0.2, -0.15) is 0 Å². The average molecular weight is 331 g/mol. The molecule has 3 heterocycles. The fourth-order valence-electron chi connectivity index (χ4n) is 3.19. The maximum absolute atomic E-state index is 6.07. The van der Waals surface area contributed by atoms with E-state index in [1.165, 1.54) is 25.9 Å². The van der Waals surface area contributed by atoms with Gasteiger partial charge in [-0.1, -0.05) is 6.07 Å². The molecule has 0 saturated carbocycles. The van der Waals surface area contributed by atoms with E-state index < -0.39 is 0 Å². The SMILES string of the molecule is CC(CNc1ccc(B2OC(C)(C)C(C)(C)O2)cn1)N1CCCC1. The van der Waals surface area contributed by atoms with Gasteiger partial charge in [0.25, 0.3) is 0 Å². The van der Waals surface area contributed by atoms with Crippen molar-refractivity contribution < 1.29 is 9.31 Å². The highest BCUT2D eigenvalue weighted by Crippen LogP contribution is 2.36. The van der Waals surface area contributed by atoms with Crippen molar-refractivity contribution in [2.75, 3.05) is 25.0 Å². The summed E-state index contributed by atoms with van der Waals surface area (Å²) in [5.41, 5.74) is 0.325. The van der Waals surface area contributed by atoms with Crippen LogP contribution in [0.3, 0.4) is 0 Å². The zero-order valence-corrected chi connectivity index (χ0v) is 15.6. The van der Waals surface area contributed by atoms with E-state index in [2.05, 4.69) is 49.8 Å². The van der Waals surface area contributed by atoms with Gasteiger partial charge in [-0.15, -0.1) is 0 Å². The molecule has 0 spiro atoms. The minimum Gasteiger partial charge on any atom is -0.399 e. The van der Waals surface area contributed by atoms with Crippen LogP contribution in [0.25, 0.3) is 0 Å². The fraction of sp³-hybridized carbons (Fsp3) is 0.722. The first-order valence-corrected chi connectivity index (χ1v) is 9.08. The highest BCUT2D eigenvalue weighted by molar-refractivity contribution is 6.62. The lowest BCUT2D eigenvalue weighted by atomic mass is 9.80. The normalized spacial score (nSPS) is 24.3. The lowest BCUT2D eigenvalue weighted by Gasteiger charge is -2.32. The number of anilines is 1. The topological polar surface area (TPSA) is 46.6 Å². The summed E-state index contributed by atoms with van der Waals surface area (Å²) in [6.45, 7) is 13.9. The van der Waals surface area contributed by atoms with E-state index in [1.807, 2.05) is 18.3 Å². The molecule has 5 nitrogen and oxygen atoms in total. The predicted molar refractivity (Wildman–Crippen MR) is 98.7 cm³/mol. The van der Waals surface area contributed by atoms with Crippen LogP contribution < -0.4 is 10.8 Å². The van der Waals surface area contributed by atoms with Crippen LogP contribution in [0.5, 0.6) is 0 Å². The van der Waals surface area contributed by atoms with Crippen LogP contribution in [0, 0.1) is 0 Å². The lowest BCUT2D eigenvalue weighted by Crippen LogP contribution is -2.41. The molecule has 1 aromatic rings. The van der Waals surface area contributed by atoms with E-state index in [1.54, 1.807) is 0 Å². The first kappa shape index (κ1) is 17.7. The average Bonchev–Trinajstić information content (AvgIpc) is 3.12. The van der Waals surface area contributed by atoms with Crippen LogP contribution in [0.1, 0.15) is 47.5 Å². The molecule has 0 radical (unpaired) electrons. The summed E-state index contributed by atoms with van der Waals surface area (Å²) in [7, 11) is -0.347. The van der Waals surface area contributed by atoms with Gasteiger partial charge in [-0.3, -0.25) is 4.90 Å². The van der Waals surface area contributed by atoms with Gasteiger partial charge in [-0.25, -0.2) is 4.98 Å². The molecule has 6 heteroatoms. The van der Waals surface area contributed by atoms with Crippen LogP contribution in [-0.2, 0) is 9.31 Å². The van der Waals surface area contributed by atoms with Crippen molar-refractivity contribution in [1.29, 1.82) is 0 Å². The minimum atomic E-state index is -0.347. The van der Waals surface area contributed by atoms with Crippen molar-refractivity contribution in [2.24, 2.45) is 0 Å². The van der Waals surface area contributed by atoms with Crippen LogP contribution in [0.15, 0.2) is 18.3 Å². The third kappa shape index (κ3) is 3.61. The largest absolute Gasteiger partial charge is 0.496 e. The van der Waals surface area contributed by atoms with Crippen molar-refractivity contribution in [3.05, 3.63) is 18.3 Å². The van der Waals surface area contributed by atoms with Gasteiger partial charge in [-0.05, 0) is 66.6 Å². The van der Waals surface area contributed by atoms with Crippen molar-refractivity contribution in [3.8, 4) is 0 Å². The summed E-state index contributed by atoms with van der Waals surface area (Å²) in [5, 5.41) is 3.44. The maximum atomic E-state index is 6.07. The Balaban J connectivity index is 1.56. The molecule has 0 amide bonds. The van der Waals surface area contributed by atoms with E-state index in [0.717, 1.165) is 17.8 Å². The van der Waals surface area contributed by atoms with Crippen molar-refractivity contribution in [1.82, 2.24) is 9.88 Å². The summed E-state index contributed by atoms with van der Waals surface area (Å²) in [5.74, 6) is 0.904. The molecule has 1 atom stereocenters. The fourth-order valence-corrected chi connectivity index (χ4v) is 3.19. The molecule has 2 saturated heterocycles. The smallest absolute Gasteiger partial charge is 0.399 e. The van der Waals surface area contributed by atoms with Gasteiger partial charge < -0.3 is 14.6 Å². The predicted octanol–water partition coefficient (Wildman–Crippen LogP) is 2.28. The standard InChI is InChI=1S/C18H30BN3O2/c1-14(22-10-6-7-11-22)12-20-16-9-8-15(13-21-16)19-23-17(2,3)18(4,5)24-19/h8-9,13-14H,6-7,10-12H2,1-5H3,(H,20,21). The Morgan fingerprint density at radius 3 is 2.33 bits per heavy atom. The number of hydrogen-bond donors (Lipinski definition) is 1. The van der Waals surface area contributed by atoms with Crippen molar-refractivity contribution in [2.45, 2.75) is 64.7 Å². The second-order valence-electron chi connectivity index (χ2n) is 8.04. The Morgan fingerprint density at radius 2 is 1.79 bits per heavy atom. The number of pyridine rings is 1. The first-order chi connectivity index (χ1) is 11.3. The molecule has 2 aliphatic rings. The third-order valence-electron chi connectivity index (χ3n) is 5.65. The Kier molecular flexibility index (Phi) is 4.91. The Bertz CT molecular complexity index is 540. The van der Waals surface area contributed by atoms with Gasteiger partial charge in [0, 0.05) is 24.2 Å². The van der Waals surface area contributed by atoms with Crippen molar-refractivity contribution >= 4 is 18.4 Å². The molecule has 24 heavy (non-hydrogen) atoms. The van der Waals surface area contributed by atoms with Crippen molar-refractivity contribution in [3.63, 3.8) is 0 Å². The zero-order valence-electron chi connectivity index (χ0n) is 15.6. The second kappa shape index (κ2) is 6.66. The van der Waals surface area contributed by atoms with Gasteiger partial charge in [0.1, 0.15) is 5.82 Å². The first-order valence-electron chi connectivity index (χ1n) is 9.08. The molecule has 0 bridgehead atoms. The van der Waals surface area contributed by atoms with E-state index in [9.17, 15) is 0 Å². The third-order valence-corrected chi connectivity index (χ3v) is 5.65. The number of aromatic nitrogens is 1. The van der Waals surface area contributed by atoms with E-state index in [4.69, 9.17) is 9.31 Å². The van der Waals surface area contributed by atoms with Gasteiger partial charge in [0.05, 0.1) is 11.2 Å². The molecule has 0 aliphatic carbocycles. The summed E-state index contributed by atoms with van der Waals surface area (Å²) < 4.78 is 12.1. The zero-order chi connectivity index (χ0) is 17.4. The number of rotatable bonds is 5. The molecular weight excluding hydrogens is 301 g/mol. The summed E-state index contributed by atoms with van der Waals surface area (Å²) >= 11 is 0. The van der Waals surface area contributed by atoms with Crippen LogP contribution in [0.2, 0.25) is 0 Å². The summed E-state index contributed by atoms with van der Waals surface area (Å²) in [6.07, 6.45) is 4.50. The highest BCUT2D eigenvalue weighted by Gasteiger charge is 2.51. The van der Waals surface area contributed by atoms with Crippen LogP contribution in [0.4, 0.5) is 5.82 Å². The molecular formula is C18H30BN3O2.